The van der Waals surface area contributed by atoms with Gasteiger partial charge in [-0.3, -0.25) is 4.79 Å². The molecular weight excluding hydrogens is 244 g/mol. The van der Waals surface area contributed by atoms with Gasteiger partial charge in [-0.05, 0) is 13.5 Å². The molecule has 0 bridgehead atoms. The van der Waals surface area contributed by atoms with Crippen LogP contribution in [0.25, 0.3) is 0 Å². The van der Waals surface area contributed by atoms with Crippen molar-refractivity contribution in [3.8, 4) is 0 Å². The van der Waals surface area contributed by atoms with Crippen LogP contribution >= 0.6 is 15.9 Å². The summed E-state index contributed by atoms with van der Waals surface area (Å²) in [5.41, 5.74) is 0.455. The largest absolute Gasteiger partial charge is 0.342 e. The number of hydrogen-bond acceptors (Lipinski definition) is 2. The summed E-state index contributed by atoms with van der Waals surface area (Å²) in [5, 5.41) is 0.787. The van der Waals surface area contributed by atoms with Gasteiger partial charge >= 0.3 is 0 Å². The molecule has 0 aromatic heterocycles. The third-order valence-electron chi connectivity index (χ3n) is 3.31. The zero-order valence-electron chi connectivity index (χ0n) is 8.63. The number of carbonyl (C=O) groups is 1. The SMILES string of the molecule is CN1CC2(CCN(C(=O)CCBr)C2)C1. The number of halogens is 1. The summed E-state index contributed by atoms with van der Waals surface area (Å²) in [5.74, 6) is 0.313. The van der Waals surface area contributed by atoms with E-state index < -0.39 is 0 Å². The highest BCUT2D eigenvalue weighted by atomic mass is 79.9. The molecule has 2 aliphatic heterocycles. The molecule has 0 aromatic carbocycles. The number of hydrogen-bond donors (Lipinski definition) is 0. The van der Waals surface area contributed by atoms with Crippen molar-refractivity contribution in [1.29, 1.82) is 0 Å². The van der Waals surface area contributed by atoms with Gasteiger partial charge in [0.2, 0.25) is 5.91 Å². The lowest BCUT2D eigenvalue weighted by Crippen LogP contribution is -2.55. The third-order valence-corrected chi connectivity index (χ3v) is 3.71. The van der Waals surface area contributed by atoms with Crippen molar-refractivity contribution < 1.29 is 4.79 Å². The van der Waals surface area contributed by atoms with E-state index in [1.165, 1.54) is 19.5 Å². The van der Waals surface area contributed by atoms with Crippen molar-refractivity contribution >= 4 is 21.8 Å². The van der Waals surface area contributed by atoms with E-state index in [1.54, 1.807) is 0 Å². The molecule has 0 radical (unpaired) electrons. The Morgan fingerprint density at radius 3 is 2.71 bits per heavy atom. The Hall–Kier alpha value is -0.0900. The molecule has 14 heavy (non-hydrogen) atoms. The summed E-state index contributed by atoms with van der Waals surface area (Å²) in [7, 11) is 2.15. The summed E-state index contributed by atoms with van der Waals surface area (Å²) in [4.78, 5) is 16.0. The summed E-state index contributed by atoms with van der Waals surface area (Å²) < 4.78 is 0. The monoisotopic (exact) mass is 260 g/mol. The topological polar surface area (TPSA) is 23.6 Å². The van der Waals surface area contributed by atoms with Gasteiger partial charge in [0, 0.05) is 43.3 Å². The molecule has 0 aromatic rings. The van der Waals surface area contributed by atoms with Crippen LogP contribution in [0.1, 0.15) is 12.8 Å². The number of likely N-dealkylation sites (tertiary alicyclic amines) is 2. The van der Waals surface area contributed by atoms with Crippen LogP contribution < -0.4 is 0 Å². The van der Waals surface area contributed by atoms with Crippen LogP contribution in [0.3, 0.4) is 0 Å². The molecule has 0 atom stereocenters. The van der Waals surface area contributed by atoms with Crippen molar-refractivity contribution in [2.45, 2.75) is 12.8 Å². The summed E-state index contributed by atoms with van der Waals surface area (Å²) in [6.07, 6.45) is 1.84. The van der Waals surface area contributed by atoms with Gasteiger partial charge in [-0.15, -0.1) is 0 Å². The minimum Gasteiger partial charge on any atom is -0.342 e. The summed E-state index contributed by atoms with van der Waals surface area (Å²) >= 11 is 3.31. The number of amides is 1. The van der Waals surface area contributed by atoms with E-state index in [0.29, 0.717) is 17.7 Å². The zero-order chi connectivity index (χ0) is 10.2. The zero-order valence-corrected chi connectivity index (χ0v) is 10.2. The molecule has 1 spiro atoms. The first-order valence-electron chi connectivity index (χ1n) is 5.17. The van der Waals surface area contributed by atoms with E-state index in [-0.39, 0.29) is 0 Å². The number of nitrogens with zero attached hydrogens (tertiary/aromatic N) is 2. The standard InChI is InChI=1S/C10H17BrN2O/c1-12-6-10(7-12)3-5-13(8-10)9(14)2-4-11/h2-8H2,1H3. The van der Waals surface area contributed by atoms with Gasteiger partial charge in [0.15, 0.2) is 0 Å². The molecular formula is C10H17BrN2O. The van der Waals surface area contributed by atoms with E-state index >= 15 is 0 Å². The lowest BCUT2D eigenvalue weighted by atomic mass is 9.79. The van der Waals surface area contributed by atoms with E-state index in [2.05, 4.69) is 27.9 Å². The first-order valence-corrected chi connectivity index (χ1v) is 6.30. The molecule has 0 N–H and O–H groups in total. The Labute approximate surface area is 93.6 Å². The van der Waals surface area contributed by atoms with Gasteiger partial charge < -0.3 is 9.80 Å². The summed E-state index contributed by atoms with van der Waals surface area (Å²) in [6.45, 7) is 4.30. The van der Waals surface area contributed by atoms with Crippen LogP contribution in [0.5, 0.6) is 0 Å². The molecule has 0 unspecified atom stereocenters. The number of rotatable bonds is 2. The lowest BCUT2D eigenvalue weighted by molar-refractivity contribution is -0.130. The first kappa shape index (κ1) is 10.4. The molecule has 3 nitrogen and oxygen atoms in total. The minimum atomic E-state index is 0.313. The Morgan fingerprint density at radius 1 is 1.43 bits per heavy atom. The molecule has 2 rings (SSSR count). The molecule has 80 valence electrons. The molecule has 2 saturated heterocycles. The predicted octanol–water partition coefficient (Wildman–Crippen LogP) is 0.935. The third kappa shape index (κ3) is 1.82. The predicted molar refractivity (Wildman–Crippen MR) is 59.5 cm³/mol. The van der Waals surface area contributed by atoms with Crippen LogP contribution in [0.4, 0.5) is 0 Å². The fourth-order valence-corrected chi connectivity index (χ4v) is 3.08. The van der Waals surface area contributed by atoms with Gasteiger partial charge in [0.25, 0.3) is 0 Å². The smallest absolute Gasteiger partial charge is 0.223 e. The van der Waals surface area contributed by atoms with Gasteiger partial charge in [0.1, 0.15) is 0 Å². The van der Waals surface area contributed by atoms with Crippen molar-refractivity contribution in [3.05, 3.63) is 0 Å². The van der Waals surface area contributed by atoms with Crippen LogP contribution in [0, 0.1) is 5.41 Å². The van der Waals surface area contributed by atoms with Crippen LogP contribution in [0.2, 0.25) is 0 Å². The second kappa shape index (κ2) is 3.81. The Balaban J connectivity index is 1.86. The highest BCUT2D eigenvalue weighted by Crippen LogP contribution is 2.38. The van der Waals surface area contributed by atoms with Gasteiger partial charge in [-0.25, -0.2) is 0 Å². The van der Waals surface area contributed by atoms with Gasteiger partial charge in [-0.1, -0.05) is 15.9 Å². The Morgan fingerprint density at radius 2 is 2.14 bits per heavy atom. The highest BCUT2D eigenvalue weighted by Gasteiger charge is 2.46. The van der Waals surface area contributed by atoms with Crippen LogP contribution in [0.15, 0.2) is 0 Å². The van der Waals surface area contributed by atoms with Crippen molar-refractivity contribution in [2.24, 2.45) is 5.41 Å². The molecule has 1 amide bonds. The summed E-state index contributed by atoms with van der Waals surface area (Å²) in [6, 6.07) is 0. The van der Waals surface area contributed by atoms with E-state index in [4.69, 9.17) is 0 Å². The van der Waals surface area contributed by atoms with E-state index in [0.717, 1.165) is 18.4 Å². The number of carbonyl (C=O) groups excluding carboxylic acids is 1. The second-order valence-corrected chi connectivity index (χ2v) is 5.47. The lowest BCUT2D eigenvalue weighted by Gasteiger charge is -2.46. The van der Waals surface area contributed by atoms with E-state index in [1.807, 2.05) is 4.90 Å². The van der Waals surface area contributed by atoms with Gasteiger partial charge in [-0.2, -0.15) is 0 Å². The first-order chi connectivity index (χ1) is 6.65. The molecule has 0 aliphatic carbocycles. The molecule has 4 heteroatoms. The molecule has 2 aliphatic rings. The normalized spacial score (nSPS) is 25.4. The second-order valence-electron chi connectivity index (χ2n) is 4.68. The molecule has 2 fully saturated rings. The quantitative estimate of drug-likeness (QED) is 0.690. The Bertz CT molecular complexity index is 238. The van der Waals surface area contributed by atoms with E-state index in [9.17, 15) is 4.79 Å². The van der Waals surface area contributed by atoms with Gasteiger partial charge in [0.05, 0.1) is 0 Å². The maximum atomic E-state index is 11.6. The number of alkyl halides is 1. The molecule has 0 saturated carbocycles. The maximum Gasteiger partial charge on any atom is 0.223 e. The maximum absolute atomic E-state index is 11.6. The fraction of sp³-hybridized carbons (Fsp3) is 0.900. The van der Waals surface area contributed by atoms with Crippen molar-refractivity contribution in [3.63, 3.8) is 0 Å². The fourth-order valence-electron chi connectivity index (χ4n) is 2.74. The van der Waals surface area contributed by atoms with Crippen LogP contribution in [-0.4, -0.2) is 54.3 Å². The Kier molecular flexibility index (Phi) is 2.84. The highest BCUT2D eigenvalue weighted by molar-refractivity contribution is 9.09. The average Bonchev–Trinajstić information content (AvgIpc) is 2.49. The van der Waals surface area contributed by atoms with Crippen molar-refractivity contribution in [2.75, 3.05) is 38.6 Å². The van der Waals surface area contributed by atoms with Crippen molar-refractivity contribution in [1.82, 2.24) is 9.80 Å². The minimum absolute atomic E-state index is 0.313. The molecule has 2 heterocycles. The average molecular weight is 261 g/mol. The van der Waals surface area contributed by atoms with Crippen LogP contribution in [-0.2, 0) is 4.79 Å².